The normalized spacial score (nSPS) is 11.2. The number of carbonyl (C=O) groups is 2. The third-order valence-corrected chi connectivity index (χ3v) is 3.74. The largest absolute Gasteiger partial charge is 0.348 e. The highest BCUT2D eigenvalue weighted by molar-refractivity contribution is 5.96. The fraction of sp³-hybridized carbons (Fsp3) is 0.263. The molecule has 0 heterocycles. The summed E-state index contributed by atoms with van der Waals surface area (Å²) in [6.07, 6.45) is 0. The number of halogens is 2. The van der Waals surface area contributed by atoms with E-state index < -0.39 is 0 Å². The van der Waals surface area contributed by atoms with Crippen LogP contribution in [0.2, 0.25) is 0 Å². The van der Waals surface area contributed by atoms with Crippen LogP contribution in [0.25, 0.3) is 0 Å². The highest BCUT2D eigenvalue weighted by Gasteiger charge is 2.12. The number of benzene rings is 2. The van der Waals surface area contributed by atoms with Crippen LogP contribution in [0.15, 0.2) is 48.5 Å². The number of hydrogen-bond donors (Lipinski definition) is 3. The topological polar surface area (TPSA) is 70.2 Å². The van der Waals surface area contributed by atoms with Crippen LogP contribution in [0.4, 0.5) is 10.1 Å². The van der Waals surface area contributed by atoms with Gasteiger partial charge in [0.1, 0.15) is 5.82 Å². The molecule has 0 fully saturated rings. The molecule has 0 aliphatic rings. The van der Waals surface area contributed by atoms with Crippen molar-refractivity contribution in [3.8, 4) is 0 Å². The lowest BCUT2D eigenvalue weighted by Crippen LogP contribution is -2.28. The average molecular weight is 380 g/mol. The molecule has 0 saturated heterocycles. The number of rotatable bonds is 7. The first-order chi connectivity index (χ1) is 12.0. The van der Waals surface area contributed by atoms with Crippen molar-refractivity contribution < 1.29 is 14.0 Å². The summed E-state index contributed by atoms with van der Waals surface area (Å²) in [6, 6.07) is 12.6. The second kappa shape index (κ2) is 10.5. The first-order valence-electron chi connectivity index (χ1n) is 8.07. The van der Waals surface area contributed by atoms with Gasteiger partial charge in [-0.2, -0.15) is 0 Å². The van der Waals surface area contributed by atoms with Gasteiger partial charge in [-0.25, -0.2) is 4.39 Å². The van der Waals surface area contributed by atoms with Crippen LogP contribution in [0, 0.1) is 11.7 Å². The molecule has 2 amide bonds. The Morgan fingerprint density at radius 3 is 2.23 bits per heavy atom. The molecule has 0 aliphatic heterocycles. The van der Waals surface area contributed by atoms with Crippen molar-refractivity contribution >= 4 is 29.9 Å². The quantitative estimate of drug-likeness (QED) is 0.692. The third kappa shape index (κ3) is 6.46. The molecule has 26 heavy (non-hydrogen) atoms. The van der Waals surface area contributed by atoms with Crippen LogP contribution in [0.1, 0.15) is 22.8 Å². The highest BCUT2D eigenvalue weighted by Crippen LogP contribution is 2.11. The number of nitrogens with one attached hydrogen (secondary N) is 3. The zero-order valence-corrected chi connectivity index (χ0v) is 15.5. The molecular weight excluding hydrogens is 357 g/mol. The van der Waals surface area contributed by atoms with Crippen molar-refractivity contribution in [3.05, 3.63) is 65.5 Å². The van der Waals surface area contributed by atoms with E-state index in [1.165, 1.54) is 12.1 Å². The summed E-state index contributed by atoms with van der Waals surface area (Å²) in [5.74, 6) is -0.769. The lowest BCUT2D eigenvalue weighted by Gasteiger charge is -2.12. The van der Waals surface area contributed by atoms with Crippen molar-refractivity contribution in [1.82, 2.24) is 10.6 Å². The third-order valence-electron chi connectivity index (χ3n) is 3.74. The van der Waals surface area contributed by atoms with E-state index in [4.69, 9.17) is 0 Å². The zero-order valence-electron chi connectivity index (χ0n) is 14.7. The maximum absolute atomic E-state index is 12.9. The molecule has 1 unspecified atom stereocenters. The van der Waals surface area contributed by atoms with Gasteiger partial charge in [-0.05, 0) is 49.0 Å². The summed E-state index contributed by atoms with van der Waals surface area (Å²) >= 11 is 0. The SMILES string of the molecule is CNCC(C)C(=O)Nc1ccc(C(=O)NCc2ccc(F)cc2)cc1.Cl. The van der Waals surface area contributed by atoms with Gasteiger partial charge in [0, 0.05) is 30.3 Å². The van der Waals surface area contributed by atoms with Crippen LogP contribution < -0.4 is 16.0 Å². The van der Waals surface area contributed by atoms with Crippen molar-refractivity contribution in [2.24, 2.45) is 5.92 Å². The smallest absolute Gasteiger partial charge is 0.251 e. The minimum atomic E-state index is -0.309. The summed E-state index contributed by atoms with van der Waals surface area (Å²) in [6.45, 7) is 2.75. The van der Waals surface area contributed by atoms with E-state index in [1.54, 1.807) is 43.4 Å². The Bertz CT molecular complexity index is 721. The number of anilines is 1. The molecule has 140 valence electrons. The standard InChI is InChI=1S/C19H22FN3O2.ClH/c1-13(11-21-2)18(24)23-17-9-5-15(6-10-17)19(25)22-12-14-3-7-16(20)8-4-14;/h3-10,13,21H,11-12H2,1-2H3,(H,22,25)(H,23,24);1H. The summed E-state index contributed by atoms with van der Waals surface area (Å²) in [4.78, 5) is 24.1. The summed E-state index contributed by atoms with van der Waals surface area (Å²) < 4.78 is 12.9. The molecule has 0 bridgehead atoms. The van der Waals surface area contributed by atoms with Crippen LogP contribution in [0.5, 0.6) is 0 Å². The van der Waals surface area contributed by atoms with E-state index in [-0.39, 0.29) is 36.0 Å². The first kappa shape index (κ1) is 21.6. The Morgan fingerprint density at radius 2 is 1.65 bits per heavy atom. The van der Waals surface area contributed by atoms with Crippen LogP contribution in [-0.2, 0) is 11.3 Å². The van der Waals surface area contributed by atoms with E-state index in [9.17, 15) is 14.0 Å². The van der Waals surface area contributed by atoms with Gasteiger partial charge >= 0.3 is 0 Å². The molecule has 2 aromatic carbocycles. The molecule has 0 aliphatic carbocycles. The molecule has 5 nitrogen and oxygen atoms in total. The molecule has 2 aromatic rings. The van der Waals surface area contributed by atoms with E-state index in [0.717, 1.165) is 5.56 Å². The van der Waals surface area contributed by atoms with Gasteiger partial charge in [0.15, 0.2) is 0 Å². The lowest BCUT2D eigenvalue weighted by atomic mass is 10.1. The van der Waals surface area contributed by atoms with Gasteiger partial charge in [0.05, 0.1) is 0 Å². The van der Waals surface area contributed by atoms with E-state index in [2.05, 4.69) is 16.0 Å². The van der Waals surface area contributed by atoms with Gasteiger partial charge in [0.2, 0.25) is 5.91 Å². The summed E-state index contributed by atoms with van der Waals surface area (Å²) in [7, 11) is 1.79. The second-order valence-corrected chi connectivity index (χ2v) is 5.83. The fourth-order valence-corrected chi connectivity index (χ4v) is 2.26. The van der Waals surface area contributed by atoms with Gasteiger partial charge in [-0.1, -0.05) is 19.1 Å². The van der Waals surface area contributed by atoms with Gasteiger partial charge in [-0.15, -0.1) is 12.4 Å². The monoisotopic (exact) mass is 379 g/mol. The Balaban J connectivity index is 0.00000338. The fourth-order valence-electron chi connectivity index (χ4n) is 2.26. The Labute approximate surface area is 158 Å². The number of hydrogen-bond acceptors (Lipinski definition) is 3. The van der Waals surface area contributed by atoms with Crippen LogP contribution in [0.3, 0.4) is 0 Å². The summed E-state index contributed by atoms with van der Waals surface area (Å²) in [5, 5.41) is 8.54. The predicted molar refractivity (Wildman–Crippen MR) is 103 cm³/mol. The Morgan fingerprint density at radius 1 is 1.04 bits per heavy atom. The minimum Gasteiger partial charge on any atom is -0.348 e. The first-order valence-corrected chi connectivity index (χ1v) is 8.07. The van der Waals surface area contributed by atoms with E-state index in [1.807, 2.05) is 6.92 Å². The Hall–Kier alpha value is -2.44. The molecule has 2 rings (SSSR count). The highest BCUT2D eigenvalue weighted by atomic mass is 35.5. The Kier molecular flexibility index (Phi) is 8.75. The van der Waals surface area contributed by atoms with E-state index in [0.29, 0.717) is 24.3 Å². The summed E-state index contributed by atoms with van der Waals surface area (Å²) in [5.41, 5.74) is 1.95. The molecule has 0 aromatic heterocycles. The second-order valence-electron chi connectivity index (χ2n) is 5.83. The van der Waals surface area contributed by atoms with Crippen molar-refractivity contribution in [2.45, 2.75) is 13.5 Å². The van der Waals surface area contributed by atoms with Crippen LogP contribution in [-0.4, -0.2) is 25.4 Å². The predicted octanol–water partition coefficient (Wildman–Crippen LogP) is 2.97. The average Bonchev–Trinajstić information content (AvgIpc) is 2.61. The number of carbonyl (C=O) groups excluding carboxylic acids is 2. The minimum absolute atomic E-state index is 0. The van der Waals surface area contributed by atoms with E-state index >= 15 is 0 Å². The molecule has 7 heteroatoms. The lowest BCUT2D eigenvalue weighted by molar-refractivity contribution is -0.119. The molecule has 3 N–H and O–H groups in total. The van der Waals surface area contributed by atoms with Gasteiger partial charge < -0.3 is 16.0 Å². The molecule has 1 atom stereocenters. The maximum atomic E-state index is 12.9. The van der Waals surface area contributed by atoms with Gasteiger partial charge in [0.25, 0.3) is 5.91 Å². The molecule has 0 radical (unpaired) electrons. The van der Waals surface area contributed by atoms with Crippen molar-refractivity contribution in [3.63, 3.8) is 0 Å². The van der Waals surface area contributed by atoms with Crippen molar-refractivity contribution in [2.75, 3.05) is 18.9 Å². The maximum Gasteiger partial charge on any atom is 0.251 e. The van der Waals surface area contributed by atoms with Crippen LogP contribution >= 0.6 is 12.4 Å². The molecule has 0 spiro atoms. The molecular formula is C19H23ClFN3O2. The zero-order chi connectivity index (χ0) is 18.2. The number of amides is 2. The van der Waals surface area contributed by atoms with Crippen molar-refractivity contribution in [1.29, 1.82) is 0 Å². The molecule has 0 saturated carbocycles. The van der Waals surface area contributed by atoms with Gasteiger partial charge in [-0.3, -0.25) is 9.59 Å².